The molecule has 0 amide bonds. The van der Waals surface area contributed by atoms with E-state index in [9.17, 15) is 25.9 Å². The average Bonchev–Trinajstić information content (AvgIpc) is 3.31. The first-order valence-electron chi connectivity index (χ1n) is 27.9. The van der Waals surface area contributed by atoms with Crippen molar-refractivity contribution < 1.29 is 25.9 Å². The summed E-state index contributed by atoms with van der Waals surface area (Å²) >= 11 is 0. The van der Waals surface area contributed by atoms with Crippen molar-refractivity contribution in [1.82, 2.24) is 0 Å². The maximum absolute atomic E-state index is 12.2. The standard InChI is InChI=1S/2C30H48O3S.Ba/c2*1-3-5-7-9-11-13-15-17-19-26-21-24-29-28(25-26)23-22-27(30(29)34(31,32)33)20-18-16-14-12-10-8-6-4-2;/h2*21-25H,3-20H2,1-2H3,(H,31,32,33);/q;;+2/p-2. The molecule has 0 aromatic heterocycles. The van der Waals surface area contributed by atoms with Crippen LogP contribution >= 0.6 is 0 Å². The summed E-state index contributed by atoms with van der Waals surface area (Å²) in [5, 5.41) is 2.91. The van der Waals surface area contributed by atoms with E-state index in [2.05, 4.69) is 39.8 Å². The fourth-order valence-electron chi connectivity index (χ4n) is 9.91. The maximum Gasteiger partial charge on any atom is 2.00 e. The van der Waals surface area contributed by atoms with Crippen molar-refractivity contribution in [3.63, 3.8) is 0 Å². The first kappa shape index (κ1) is 63.9. The molecule has 4 rings (SSSR count). The maximum atomic E-state index is 12.2. The van der Waals surface area contributed by atoms with E-state index < -0.39 is 20.2 Å². The van der Waals surface area contributed by atoms with E-state index in [1.165, 1.54) is 178 Å². The van der Waals surface area contributed by atoms with Crippen LogP contribution in [0.15, 0.2) is 70.5 Å². The van der Waals surface area contributed by atoms with Crippen molar-refractivity contribution >= 4 is 90.7 Å². The number of hydrogen-bond acceptors (Lipinski definition) is 6. The zero-order valence-corrected chi connectivity index (χ0v) is 50.3. The molecule has 6 nitrogen and oxygen atoms in total. The normalized spacial score (nSPS) is 11.8. The van der Waals surface area contributed by atoms with Crippen molar-refractivity contribution in [2.45, 2.75) is 269 Å². The molecule has 0 heterocycles. The van der Waals surface area contributed by atoms with E-state index in [1.807, 2.05) is 48.5 Å². The summed E-state index contributed by atoms with van der Waals surface area (Å²) in [6.07, 6.45) is 43.2. The van der Waals surface area contributed by atoms with Crippen molar-refractivity contribution in [3.8, 4) is 0 Å². The predicted octanol–water partition coefficient (Wildman–Crippen LogP) is 17.8. The quantitative estimate of drug-likeness (QED) is 0.0251. The van der Waals surface area contributed by atoms with Crippen LogP contribution in [0.2, 0.25) is 0 Å². The zero-order valence-electron chi connectivity index (χ0n) is 44.2. The Morgan fingerprint density at radius 1 is 0.319 bits per heavy atom. The van der Waals surface area contributed by atoms with E-state index in [4.69, 9.17) is 0 Å². The third-order valence-corrected chi connectivity index (χ3v) is 15.9. The Hall–Kier alpha value is -1.21. The summed E-state index contributed by atoms with van der Waals surface area (Å²) in [5.74, 6) is 0. The summed E-state index contributed by atoms with van der Waals surface area (Å²) in [6, 6.07) is 19.6. The largest absolute Gasteiger partial charge is 2.00 e. The Morgan fingerprint density at radius 2 is 0.565 bits per heavy atom. The molecule has 0 N–H and O–H groups in total. The molecular weight excluding hydrogens is 1020 g/mol. The minimum atomic E-state index is -4.51. The Labute approximate surface area is 463 Å². The number of unbranched alkanes of at least 4 members (excludes halogenated alkanes) is 28. The van der Waals surface area contributed by atoms with Gasteiger partial charge in [0, 0.05) is 0 Å². The zero-order chi connectivity index (χ0) is 49.3. The predicted molar refractivity (Wildman–Crippen MR) is 295 cm³/mol. The van der Waals surface area contributed by atoms with Crippen molar-refractivity contribution in [3.05, 3.63) is 82.9 Å². The van der Waals surface area contributed by atoms with Crippen molar-refractivity contribution in [2.75, 3.05) is 0 Å². The summed E-state index contributed by atoms with van der Waals surface area (Å²) in [7, 11) is -9.03. The number of fused-ring (bicyclic) bond motifs is 2. The first-order chi connectivity index (χ1) is 32.9. The molecule has 0 unspecified atom stereocenters. The fourth-order valence-corrected chi connectivity index (χ4v) is 11.8. The van der Waals surface area contributed by atoms with Gasteiger partial charge in [-0.3, -0.25) is 0 Å². The van der Waals surface area contributed by atoms with Gasteiger partial charge in [0.05, 0.1) is 9.79 Å². The van der Waals surface area contributed by atoms with Gasteiger partial charge in [0.2, 0.25) is 0 Å². The molecule has 69 heavy (non-hydrogen) atoms. The fraction of sp³-hybridized carbons (Fsp3) is 0.667. The second kappa shape index (κ2) is 38.4. The molecule has 0 spiro atoms. The Kier molecular flexibility index (Phi) is 35.5. The van der Waals surface area contributed by atoms with Crippen LogP contribution in [-0.2, 0) is 45.9 Å². The molecule has 0 saturated heterocycles. The number of hydrogen-bond donors (Lipinski definition) is 0. The Morgan fingerprint density at radius 3 is 0.826 bits per heavy atom. The molecule has 4 aromatic rings. The van der Waals surface area contributed by atoms with E-state index in [-0.39, 0.29) is 58.7 Å². The van der Waals surface area contributed by atoms with Crippen LogP contribution in [0.25, 0.3) is 21.5 Å². The molecule has 4 aromatic carbocycles. The van der Waals surface area contributed by atoms with Gasteiger partial charge in [-0.2, -0.15) is 0 Å². The van der Waals surface area contributed by atoms with Crippen molar-refractivity contribution in [1.29, 1.82) is 0 Å². The molecule has 0 atom stereocenters. The van der Waals surface area contributed by atoms with Gasteiger partial charge in [-0.15, -0.1) is 0 Å². The third-order valence-electron chi connectivity index (χ3n) is 14.0. The van der Waals surface area contributed by atoms with Gasteiger partial charge in [-0.25, -0.2) is 16.8 Å². The number of aryl methyl sites for hydroxylation is 4. The van der Waals surface area contributed by atoms with Crippen LogP contribution in [0.4, 0.5) is 0 Å². The molecule has 0 saturated carbocycles. The average molecular weight is 1110 g/mol. The number of benzene rings is 4. The summed E-state index contributed by atoms with van der Waals surface area (Å²) in [6.45, 7) is 8.95. The van der Waals surface area contributed by atoms with Gasteiger partial charge in [-0.1, -0.05) is 268 Å². The molecule has 0 aliphatic rings. The third kappa shape index (κ3) is 26.5. The van der Waals surface area contributed by atoms with E-state index in [0.717, 1.165) is 62.1 Å². The number of rotatable bonds is 38. The monoisotopic (exact) mass is 1110 g/mol. The van der Waals surface area contributed by atoms with Gasteiger partial charge < -0.3 is 9.11 Å². The minimum absolute atomic E-state index is 0. The SMILES string of the molecule is CCCCCCCCCCc1ccc2c(S(=O)(=O)[O-])c(CCCCCCCCCC)ccc2c1.CCCCCCCCCCc1ccc2c(S(=O)(=O)[O-])c(CCCCCCCCCC)ccc2c1.[Ba+2]. The topological polar surface area (TPSA) is 114 Å². The van der Waals surface area contributed by atoms with Gasteiger partial charge in [0.1, 0.15) is 20.2 Å². The molecule has 384 valence electrons. The Bertz CT molecular complexity index is 2030. The second-order valence-electron chi connectivity index (χ2n) is 20.0. The molecule has 0 fully saturated rings. The van der Waals surface area contributed by atoms with Gasteiger partial charge >= 0.3 is 48.9 Å². The molecular formula is C60H94BaO6S2. The van der Waals surface area contributed by atoms with Crippen LogP contribution in [0.1, 0.15) is 255 Å². The molecule has 0 bridgehead atoms. The smallest absolute Gasteiger partial charge is 0.744 e. The van der Waals surface area contributed by atoms with Crippen molar-refractivity contribution in [2.24, 2.45) is 0 Å². The van der Waals surface area contributed by atoms with E-state index in [0.29, 0.717) is 34.7 Å². The van der Waals surface area contributed by atoms with Gasteiger partial charge in [0.15, 0.2) is 0 Å². The van der Waals surface area contributed by atoms with E-state index in [1.54, 1.807) is 0 Å². The first-order valence-corrected chi connectivity index (χ1v) is 30.8. The van der Waals surface area contributed by atoms with Gasteiger partial charge in [-0.05, 0) is 95.2 Å². The van der Waals surface area contributed by atoms with Gasteiger partial charge in [0.25, 0.3) is 0 Å². The van der Waals surface area contributed by atoms with Crippen LogP contribution in [0.5, 0.6) is 0 Å². The van der Waals surface area contributed by atoms with Crippen LogP contribution < -0.4 is 0 Å². The van der Waals surface area contributed by atoms with Crippen LogP contribution in [0, 0.1) is 0 Å². The van der Waals surface area contributed by atoms with Crippen LogP contribution in [0.3, 0.4) is 0 Å². The van der Waals surface area contributed by atoms with Crippen LogP contribution in [-0.4, -0.2) is 74.8 Å². The molecule has 0 aliphatic carbocycles. The molecule has 9 heteroatoms. The molecule has 0 aliphatic heterocycles. The molecule has 0 radical (unpaired) electrons. The summed E-state index contributed by atoms with van der Waals surface area (Å²) in [5.41, 5.74) is 3.82. The summed E-state index contributed by atoms with van der Waals surface area (Å²) in [4.78, 5) is 0.0122. The van der Waals surface area contributed by atoms with E-state index >= 15 is 0 Å². The summed E-state index contributed by atoms with van der Waals surface area (Å²) < 4.78 is 73.0. The minimum Gasteiger partial charge on any atom is -0.744 e. The Balaban J connectivity index is 0.000000467. The second-order valence-corrected chi connectivity index (χ2v) is 22.7.